The third-order valence-electron chi connectivity index (χ3n) is 4.69. The Hall–Kier alpha value is -2.75. The highest BCUT2D eigenvalue weighted by molar-refractivity contribution is 5.91. The van der Waals surface area contributed by atoms with Gasteiger partial charge >= 0.3 is 0 Å². The van der Waals surface area contributed by atoms with E-state index in [2.05, 4.69) is 60.8 Å². The highest BCUT2D eigenvalue weighted by Gasteiger charge is 2.05. The van der Waals surface area contributed by atoms with Gasteiger partial charge in [-0.25, -0.2) is 0 Å². The van der Waals surface area contributed by atoms with E-state index in [1.807, 2.05) is 0 Å². The highest BCUT2D eigenvalue weighted by Crippen LogP contribution is 2.28. The summed E-state index contributed by atoms with van der Waals surface area (Å²) in [5, 5.41) is 12.5. The molecule has 170 valence electrons. The summed E-state index contributed by atoms with van der Waals surface area (Å²) in [7, 11) is 1.49. The number of allylic oxidation sites excluding steroid dienone is 8. The van der Waals surface area contributed by atoms with Crippen LogP contribution in [0.25, 0.3) is 0 Å². The number of hydrogen-bond acceptors (Lipinski definition) is 3. The fourth-order valence-electron chi connectivity index (χ4n) is 2.93. The van der Waals surface area contributed by atoms with Crippen LogP contribution in [0.4, 0.5) is 5.69 Å². The van der Waals surface area contributed by atoms with Crippen LogP contribution in [0.1, 0.15) is 71.1 Å². The minimum Gasteiger partial charge on any atom is -0.504 e. The summed E-state index contributed by atoms with van der Waals surface area (Å²) in [5.74, 6) is 0.348. The van der Waals surface area contributed by atoms with Gasteiger partial charge in [-0.15, -0.1) is 0 Å². The van der Waals surface area contributed by atoms with Crippen LogP contribution in [0.15, 0.2) is 66.8 Å². The van der Waals surface area contributed by atoms with E-state index in [0.29, 0.717) is 17.9 Å². The molecule has 1 amide bonds. The quantitative estimate of drug-likeness (QED) is 0.213. The Balaban J connectivity index is 2.05. The summed E-state index contributed by atoms with van der Waals surface area (Å²) in [6.45, 7) is 2.23. The Morgan fingerprint density at radius 2 is 1.48 bits per heavy atom. The fourth-order valence-corrected chi connectivity index (χ4v) is 2.93. The van der Waals surface area contributed by atoms with Crippen molar-refractivity contribution in [2.45, 2.75) is 71.1 Å². The molecule has 0 aliphatic heterocycles. The van der Waals surface area contributed by atoms with Crippen molar-refractivity contribution in [1.29, 1.82) is 0 Å². The molecule has 0 saturated carbocycles. The zero-order chi connectivity index (χ0) is 22.6. The summed E-state index contributed by atoms with van der Waals surface area (Å²) in [4.78, 5) is 12.0. The molecule has 0 aliphatic carbocycles. The summed E-state index contributed by atoms with van der Waals surface area (Å²) in [6, 6.07) is 4.83. The number of benzene rings is 1. The molecule has 1 rings (SSSR count). The first-order valence-corrected chi connectivity index (χ1v) is 11.4. The van der Waals surface area contributed by atoms with Crippen molar-refractivity contribution >= 4 is 11.6 Å². The van der Waals surface area contributed by atoms with Gasteiger partial charge in [0.15, 0.2) is 11.5 Å². The third-order valence-corrected chi connectivity index (χ3v) is 4.69. The van der Waals surface area contributed by atoms with E-state index in [-0.39, 0.29) is 11.7 Å². The lowest BCUT2D eigenvalue weighted by molar-refractivity contribution is -0.116. The molecule has 2 N–H and O–H groups in total. The Kier molecular flexibility index (Phi) is 15.3. The predicted molar refractivity (Wildman–Crippen MR) is 132 cm³/mol. The van der Waals surface area contributed by atoms with Crippen molar-refractivity contribution in [3.8, 4) is 11.5 Å². The zero-order valence-electron chi connectivity index (χ0n) is 19.2. The Morgan fingerprint density at radius 3 is 2.03 bits per heavy atom. The number of carbonyl (C=O) groups is 1. The van der Waals surface area contributed by atoms with Gasteiger partial charge in [0.05, 0.1) is 7.11 Å². The van der Waals surface area contributed by atoms with Crippen LogP contribution in [-0.2, 0) is 4.79 Å². The molecule has 1 aromatic carbocycles. The van der Waals surface area contributed by atoms with Crippen LogP contribution >= 0.6 is 0 Å². The number of rotatable bonds is 16. The molecule has 0 unspecified atom stereocenters. The molecule has 31 heavy (non-hydrogen) atoms. The van der Waals surface area contributed by atoms with E-state index in [1.165, 1.54) is 38.9 Å². The molecule has 0 aromatic heterocycles. The van der Waals surface area contributed by atoms with Gasteiger partial charge in [0.2, 0.25) is 5.91 Å². The Bertz CT molecular complexity index is 732. The number of carbonyl (C=O) groups excluding carboxylic acids is 1. The standard InChI is InChI=1S/C27H39NO3/c1-3-4-5-6-7-8-9-10-11-12-13-14-15-16-17-18-19-20-27(30)28-24-21-22-26(31-2)25(29)23-24/h7-8,10-11,13-14,16-17,21-23,29H,3-6,9,12,15,18-20H2,1-2H3,(H,28,30)/b8-7-,11-10-,14-13-,17-16-. The average molecular weight is 426 g/mol. The number of anilines is 1. The second-order valence-electron chi connectivity index (χ2n) is 7.42. The maximum atomic E-state index is 12.0. The number of unbranched alkanes of at least 4 members (excludes halogenated alkanes) is 4. The van der Waals surface area contributed by atoms with E-state index < -0.39 is 0 Å². The van der Waals surface area contributed by atoms with Crippen molar-refractivity contribution in [2.24, 2.45) is 0 Å². The topological polar surface area (TPSA) is 58.6 Å². The van der Waals surface area contributed by atoms with E-state index >= 15 is 0 Å². The third kappa shape index (κ3) is 14.0. The molecule has 0 heterocycles. The number of amides is 1. The lowest BCUT2D eigenvalue weighted by Gasteiger charge is -2.07. The van der Waals surface area contributed by atoms with Crippen molar-refractivity contribution < 1.29 is 14.6 Å². The number of nitrogens with one attached hydrogen (secondary N) is 1. The van der Waals surface area contributed by atoms with Crippen LogP contribution in [0.5, 0.6) is 11.5 Å². The molecule has 0 atom stereocenters. The minimum absolute atomic E-state index is 0.0152. The first kappa shape index (κ1) is 26.3. The molecule has 1 aromatic rings. The van der Waals surface area contributed by atoms with Gasteiger partial charge in [-0.2, -0.15) is 0 Å². The van der Waals surface area contributed by atoms with Gasteiger partial charge in [0.25, 0.3) is 0 Å². The van der Waals surface area contributed by atoms with Crippen LogP contribution in [0.3, 0.4) is 0 Å². The predicted octanol–water partition coefficient (Wildman–Crippen LogP) is 7.49. The SMILES string of the molecule is CCCCC/C=C\C/C=C\C/C=C\C/C=C\CCCC(=O)Nc1ccc(OC)c(O)c1. The van der Waals surface area contributed by atoms with Crippen LogP contribution in [0, 0.1) is 0 Å². The number of phenols is 1. The van der Waals surface area contributed by atoms with E-state index in [0.717, 1.165) is 32.1 Å². The molecule has 0 radical (unpaired) electrons. The van der Waals surface area contributed by atoms with Gasteiger partial charge in [-0.3, -0.25) is 4.79 Å². The van der Waals surface area contributed by atoms with Crippen molar-refractivity contribution in [1.82, 2.24) is 0 Å². The van der Waals surface area contributed by atoms with E-state index in [4.69, 9.17) is 4.74 Å². The molecule has 4 heteroatoms. The molecule has 0 aliphatic rings. The number of aromatic hydroxyl groups is 1. The smallest absolute Gasteiger partial charge is 0.224 e. The normalized spacial score (nSPS) is 11.9. The second-order valence-corrected chi connectivity index (χ2v) is 7.42. The summed E-state index contributed by atoms with van der Waals surface area (Å²) >= 11 is 0. The molecular weight excluding hydrogens is 386 g/mol. The maximum absolute atomic E-state index is 12.0. The Morgan fingerprint density at radius 1 is 0.903 bits per heavy atom. The zero-order valence-corrected chi connectivity index (χ0v) is 19.2. The molecule has 0 fully saturated rings. The lowest BCUT2D eigenvalue weighted by Crippen LogP contribution is -2.10. The molecule has 4 nitrogen and oxygen atoms in total. The highest BCUT2D eigenvalue weighted by atomic mass is 16.5. The minimum atomic E-state index is -0.0551. The van der Waals surface area contributed by atoms with Crippen molar-refractivity contribution in [3.05, 3.63) is 66.8 Å². The average Bonchev–Trinajstić information content (AvgIpc) is 2.76. The number of hydrogen-bond donors (Lipinski definition) is 2. The maximum Gasteiger partial charge on any atom is 0.224 e. The summed E-state index contributed by atoms with van der Waals surface area (Å²) in [6.07, 6.45) is 27.7. The number of ether oxygens (including phenoxy) is 1. The van der Waals surface area contributed by atoms with Crippen molar-refractivity contribution in [2.75, 3.05) is 12.4 Å². The summed E-state index contributed by atoms with van der Waals surface area (Å²) < 4.78 is 4.99. The van der Waals surface area contributed by atoms with Gasteiger partial charge in [-0.1, -0.05) is 68.4 Å². The molecule has 0 spiro atoms. The Labute approximate surface area is 188 Å². The largest absolute Gasteiger partial charge is 0.504 e. The molecular formula is C27H39NO3. The van der Waals surface area contributed by atoms with Crippen LogP contribution < -0.4 is 10.1 Å². The van der Waals surface area contributed by atoms with Crippen LogP contribution in [0.2, 0.25) is 0 Å². The first-order chi connectivity index (χ1) is 15.2. The second kappa shape index (κ2) is 18.1. The number of phenolic OH excluding ortho intramolecular Hbond substituents is 1. The van der Waals surface area contributed by atoms with Crippen LogP contribution in [-0.4, -0.2) is 18.1 Å². The van der Waals surface area contributed by atoms with Gasteiger partial charge in [-0.05, 0) is 57.1 Å². The van der Waals surface area contributed by atoms with Gasteiger partial charge in [0, 0.05) is 18.2 Å². The fraction of sp³-hybridized carbons (Fsp3) is 0.444. The van der Waals surface area contributed by atoms with Crippen molar-refractivity contribution in [3.63, 3.8) is 0 Å². The lowest BCUT2D eigenvalue weighted by atomic mass is 10.2. The first-order valence-electron chi connectivity index (χ1n) is 11.4. The number of methoxy groups -OCH3 is 1. The van der Waals surface area contributed by atoms with E-state index in [1.54, 1.807) is 12.1 Å². The van der Waals surface area contributed by atoms with Gasteiger partial charge < -0.3 is 15.2 Å². The monoisotopic (exact) mass is 425 g/mol. The molecule has 0 saturated heterocycles. The van der Waals surface area contributed by atoms with Gasteiger partial charge in [0.1, 0.15) is 0 Å². The summed E-state index contributed by atoms with van der Waals surface area (Å²) in [5.41, 5.74) is 0.570. The molecule has 0 bridgehead atoms. The van der Waals surface area contributed by atoms with E-state index in [9.17, 15) is 9.90 Å².